The Labute approximate surface area is 112 Å². The Kier molecular flexibility index (Phi) is 5.58. The molecular weight excluding hydrogens is 244 g/mol. The molecule has 0 aliphatic rings. The fraction of sp³-hybridized carbons (Fsp3) is 0.286. The van der Waals surface area contributed by atoms with Crippen LogP contribution >= 0.6 is 0 Å². The van der Waals surface area contributed by atoms with Crippen molar-refractivity contribution in [3.63, 3.8) is 0 Å². The van der Waals surface area contributed by atoms with Gasteiger partial charge in [0.1, 0.15) is 6.04 Å². The number of ether oxygens (including phenoxy) is 1. The van der Waals surface area contributed by atoms with Crippen LogP contribution in [0.3, 0.4) is 0 Å². The molecule has 0 saturated heterocycles. The first kappa shape index (κ1) is 14.7. The van der Waals surface area contributed by atoms with Crippen LogP contribution in [0.4, 0.5) is 0 Å². The third-order valence-electron chi connectivity index (χ3n) is 2.56. The first-order valence-electron chi connectivity index (χ1n) is 5.71. The molecule has 5 nitrogen and oxygen atoms in total. The number of terminal acetylenes is 1. The summed E-state index contributed by atoms with van der Waals surface area (Å²) >= 11 is 0. The molecule has 2 atom stereocenters. The minimum atomic E-state index is -0.890. The Morgan fingerprint density at radius 2 is 2.05 bits per heavy atom. The number of carbonyl (C=O) groups excluding carboxylic acids is 2. The highest BCUT2D eigenvalue weighted by Crippen LogP contribution is 2.16. The van der Waals surface area contributed by atoms with E-state index in [1.54, 1.807) is 24.3 Å². The van der Waals surface area contributed by atoms with Crippen LogP contribution in [0.25, 0.3) is 0 Å². The van der Waals surface area contributed by atoms with Crippen LogP contribution < -0.4 is 11.1 Å². The first-order chi connectivity index (χ1) is 9.10. The molecular formula is C14H16N2O3. The van der Waals surface area contributed by atoms with Gasteiger partial charge in [0, 0.05) is 13.5 Å². The van der Waals surface area contributed by atoms with E-state index in [1.165, 1.54) is 7.11 Å². The minimum Gasteiger partial charge on any atom is -0.368 e. The molecule has 0 aromatic heterocycles. The van der Waals surface area contributed by atoms with E-state index in [0.29, 0.717) is 5.56 Å². The van der Waals surface area contributed by atoms with Gasteiger partial charge in [0.2, 0.25) is 5.91 Å². The van der Waals surface area contributed by atoms with Gasteiger partial charge in [-0.2, -0.15) is 0 Å². The number of nitrogens with two attached hydrogens (primary N) is 1. The number of methoxy groups -OCH3 is 1. The number of hydrogen-bond donors (Lipinski definition) is 2. The van der Waals surface area contributed by atoms with Crippen molar-refractivity contribution in [2.45, 2.75) is 18.6 Å². The third kappa shape index (κ3) is 4.12. The molecule has 1 aromatic carbocycles. The predicted molar refractivity (Wildman–Crippen MR) is 70.8 cm³/mol. The SMILES string of the molecule is C#CC[C@H](NC(=O)[C@@H](OC)c1ccccc1)C(N)=O. The highest BCUT2D eigenvalue weighted by atomic mass is 16.5. The topological polar surface area (TPSA) is 81.4 Å². The van der Waals surface area contributed by atoms with E-state index in [1.807, 2.05) is 6.07 Å². The number of nitrogens with one attached hydrogen (secondary N) is 1. The molecule has 0 aliphatic heterocycles. The maximum absolute atomic E-state index is 12.1. The summed E-state index contributed by atoms with van der Waals surface area (Å²) in [6, 6.07) is 8.04. The van der Waals surface area contributed by atoms with Crippen molar-refractivity contribution in [1.29, 1.82) is 0 Å². The van der Waals surface area contributed by atoms with Crippen LogP contribution in [0.2, 0.25) is 0 Å². The van der Waals surface area contributed by atoms with Gasteiger partial charge < -0.3 is 15.8 Å². The molecule has 2 amide bonds. The Balaban J connectivity index is 2.80. The average molecular weight is 260 g/mol. The van der Waals surface area contributed by atoms with Crippen molar-refractivity contribution in [1.82, 2.24) is 5.32 Å². The standard InChI is InChI=1S/C14H16N2O3/c1-3-7-11(13(15)17)16-14(18)12(19-2)10-8-5-4-6-9-10/h1,4-6,8-9,11-12H,7H2,2H3,(H2,15,17)(H,16,18)/t11-,12-/m0/s1. The summed E-state index contributed by atoms with van der Waals surface area (Å²) in [5.41, 5.74) is 5.85. The summed E-state index contributed by atoms with van der Waals surface area (Å²) < 4.78 is 5.14. The second kappa shape index (κ2) is 7.19. The maximum atomic E-state index is 12.1. The van der Waals surface area contributed by atoms with Gasteiger partial charge in [-0.05, 0) is 5.56 Å². The van der Waals surface area contributed by atoms with Crippen molar-refractivity contribution in [2.75, 3.05) is 7.11 Å². The third-order valence-corrected chi connectivity index (χ3v) is 2.56. The highest BCUT2D eigenvalue weighted by molar-refractivity contribution is 5.89. The van der Waals surface area contributed by atoms with Crippen molar-refractivity contribution in [2.24, 2.45) is 5.73 Å². The number of hydrogen-bond acceptors (Lipinski definition) is 3. The molecule has 5 heteroatoms. The smallest absolute Gasteiger partial charge is 0.254 e. The summed E-state index contributed by atoms with van der Waals surface area (Å²) in [5.74, 6) is 1.17. The van der Waals surface area contributed by atoms with Crippen LogP contribution in [0, 0.1) is 12.3 Å². The van der Waals surface area contributed by atoms with Crippen molar-refractivity contribution >= 4 is 11.8 Å². The second-order valence-electron chi connectivity index (χ2n) is 3.90. The summed E-state index contributed by atoms with van der Waals surface area (Å²) in [4.78, 5) is 23.2. The molecule has 1 rings (SSSR count). The van der Waals surface area contributed by atoms with Crippen LogP contribution in [-0.2, 0) is 14.3 Å². The Hall–Kier alpha value is -2.32. The van der Waals surface area contributed by atoms with Gasteiger partial charge in [-0.15, -0.1) is 12.3 Å². The van der Waals surface area contributed by atoms with Gasteiger partial charge in [0.15, 0.2) is 6.10 Å². The van der Waals surface area contributed by atoms with Crippen LogP contribution in [0.1, 0.15) is 18.1 Å². The van der Waals surface area contributed by atoms with E-state index in [-0.39, 0.29) is 6.42 Å². The Morgan fingerprint density at radius 1 is 1.42 bits per heavy atom. The fourth-order valence-electron chi connectivity index (χ4n) is 1.61. The number of carbonyl (C=O) groups is 2. The van der Waals surface area contributed by atoms with E-state index >= 15 is 0 Å². The lowest BCUT2D eigenvalue weighted by Crippen LogP contribution is -2.46. The first-order valence-corrected chi connectivity index (χ1v) is 5.71. The number of primary amides is 1. The molecule has 0 bridgehead atoms. The molecule has 0 fully saturated rings. The van der Waals surface area contributed by atoms with Crippen molar-refractivity contribution in [3.05, 3.63) is 35.9 Å². The largest absolute Gasteiger partial charge is 0.368 e. The fourth-order valence-corrected chi connectivity index (χ4v) is 1.61. The second-order valence-corrected chi connectivity index (χ2v) is 3.90. The lowest BCUT2D eigenvalue weighted by Gasteiger charge is -2.19. The lowest BCUT2D eigenvalue weighted by molar-refractivity contribution is -0.134. The summed E-state index contributed by atoms with van der Waals surface area (Å²) in [6.07, 6.45) is 4.37. The van der Waals surface area contributed by atoms with Crippen LogP contribution in [-0.4, -0.2) is 25.0 Å². The minimum absolute atomic E-state index is 0.0479. The van der Waals surface area contributed by atoms with Gasteiger partial charge in [-0.25, -0.2) is 0 Å². The molecule has 0 saturated carbocycles. The number of amides is 2. The zero-order chi connectivity index (χ0) is 14.3. The molecule has 19 heavy (non-hydrogen) atoms. The molecule has 0 aliphatic carbocycles. The normalized spacial score (nSPS) is 13.1. The van der Waals surface area contributed by atoms with Gasteiger partial charge in [0.25, 0.3) is 5.91 Å². The van der Waals surface area contributed by atoms with Crippen LogP contribution in [0.15, 0.2) is 30.3 Å². The van der Waals surface area contributed by atoms with Gasteiger partial charge >= 0.3 is 0 Å². The molecule has 1 aromatic rings. The Bertz CT molecular complexity index is 479. The van der Waals surface area contributed by atoms with E-state index in [2.05, 4.69) is 11.2 Å². The zero-order valence-corrected chi connectivity index (χ0v) is 10.6. The number of rotatable bonds is 6. The van der Waals surface area contributed by atoms with Crippen LogP contribution in [0.5, 0.6) is 0 Å². The highest BCUT2D eigenvalue weighted by Gasteiger charge is 2.24. The van der Waals surface area contributed by atoms with Crippen molar-refractivity contribution < 1.29 is 14.3 Å². The number of benzene rings is 1. The van der Waals surface area contributed by atoms with Gasteiger partial charge in [-0.3, -0.25) is 9.59 Å². The molecule has 0 radical (unpaired) electrons. The van der Waals surface area contributed by atoms with E-state index in [9.17, 15) is 9.59 Å². The monoisotopic (exact) mass is 260 g/mol. The molecule has 3 N–H and O–H groups in total. The van der Waals surface area contributed by atoms with Gasteiger partial charge in [0.05, 0.1) is 0 Å². The predicted octanol–water partition coefficient (Wildman–Crippen LogP) is 0.367. The zero-order valence-electron chi connectivity index (χ0n) is 10.6. The van der Waals surface area contributed by atoms with Crippen molar-refractivity contribution in [3.8, 4) is 12.3 Å². The van der Waals surface area contributed by atoms with E-state index in [4.69, 9.17) is 16.9 Å². The summed E-state index contributed by atoms with van der Waals surface area (Å²) in [5, 5.41) is 2.49. The summed E-state index contributed by atoms with van der Waals surface area (Å²) in [6.45, 7) is 0. The quantitative estimate of drug-likeness (QED) is 0.725. The molecule has 0 spiro atoms. The Morgan fingerprint density at radius 3 is 2.53 bits per heavy atom. The average Bonchev–Trinajstić information content (AvgIpc) is 2.40. The van der Waals surface area contributed by atoms with E-state index in [0.717, 1.165) is 0 Å². The molecule has 0 unspecified atom stereocenters. The molecule has 100 valence electrons. The van der Waals surface area contributed by atoms with E-state index < -0.39 is 24.0 Å². The summed E-state index contributed by atoms with van der Waals surface area (Å²) in [7, 11) is 1.41. The maximum Gasteiger partial charge on any atom is 0.254 e. The molecule has 0 heterocycles. The van der Waals surface area contributed by atoms with Gasteiger partial charge in [-0.1, -0.05) is 30.3 Å². The lowest BCUT2D eigenvalue weighted by atomic mass is 10.1.